The number of rotatable bonds is 5. The zero-order chi connectivity index (χ0) is 15.9. The molecule has 0 unspecified atom stereocenters. The lowest BCUT2D eigenvalue weighted by Crippen LogP contribution is -2.26. The van der Waals surface area contributed by atoms with Gasteiger partial charge in [0, 0.05) is 5.71 Å². The van der Waals surface area contributed by atoms with Crippen molar-refractivity contribution in [2.45, 2.75) is 58.8 Å². The molecule has 120 valence electrons. The fourth-order valence-corrected chi connectivity index (χ4v) is 2.63. The molecule has 0 saturated heterocycles. The zero-order valence-electron chi connectivity index (χ0n) is 13.8. The van der Waals surface area contributed by atoms with E-state index in [-0.39, 0.29) is 12.5 Å². The largest absolute Gasteiger partial charge is 0.483 e. The number of nitrogens with one attached hydrogen (secondary N) is 1. The molecule has 0 bridgehead atoms. The molecule has 4 heteroatoms. The summed E-state index contributed by atoms with van der Waals surface area (Å²) >= 11 is 0. The van der Waals surface area contributed by atoms with Gasteiger partial charge in [-0.15, -0.1) is 0 Å². The van der Waals surface area contributed by atoms with E-state index in [2.05, 4.69) is 36.5 Å². The average Bonchev–Trinajstić information content (AvgIpc) is 2.51. The Morgan fingerprint density at radius 2 is 2.00 bits per heavy atom. The van der Waals surface area contributed by atoms with Crippen molar-refractivity contribution in [3.63, 3.8) is 0 Å². The fraction of sp³-hybridized carbons (Fsp3) is 0.556. The number of carbonyl (C=O) groups is 1. The topological polar surface area (TPSA) is 50.7 Å². The van der Waals surface area contributed by atoms with E-state index in [1.54, 1.807) is 0 Å². The number of aryl methyl sites for hydroxylation is 1. The standard InChI is InChI=1S/C18H26N2O2/c1-13(2)16-10-9-14(3)11-17(16)22-12-18(21)20-19-15-7-5-4-6-8-15/h9-11,13H,4-8,12H2,1-3H3,(H,20,21). The first kappa shape index (κ1) is 16.5. The van der Waals surface area contributed by atoms with Crippen LogP contribution in [0.1, 0.15) is 63.0 Å². The monoisotopic (exact) mass is 302 g/mol. The van der Waals surface area contributed by atoms with Crippen LogP contribution in [-0.2, 0) is 4.79 Å². The first-order chi connectivity index (χ1) is 10.6. The highest BCUT2D eigenvalue weighted by molar-refractivity contribution is 5.87. The van der Waals surface area contributed by atoms with E-state index in [1.807, 2.05) is 13.0 Å². The third-order valence-corrected chi connectivity index (χ3v) is 3.92. The molecule has 0 spiro atoms. The summed E-state index contributed by atoms with van der Waals surface area (Å²) < 4.78 is 5.70. The molecular formula is C18H26N2O2. The van der Waals surface area contributed by atoms with Crippen LogP contribution >= 0.6 is 0 Å². The van der Waals surface area contributed by atoms with Gasteiger partial charge in [-0.05, 0) is 55.7 Å². The smallest absolute Gasteiger partial charge is 0.277 e. The van der Waals surface area contributed by atoms with Gasteiger partial charge in [0.25, 0.3) is 5.91 Å². The highest BCUT2D eigenvalue weighted by atomic mass is 16.5. The quantitative estimate of drug-likeness (QED) is 0.838. The summed E-state index contributed by atoms with van der Waals surface area (Å²) in [4.78, 5) is 11.9. The summed E-state index contributed by atoms with van der Waals surface area (Å²) in [5.41, 5.74) is 5.95. The van der Waals surface area contributed by atoms with Crippen molar-refractivity contribution >= 4 is 11.6 Å². The maximum Gasteiger partial charge on any atom is 0.277 e. The van der Waals surface area contributed by atoms with E-state index in [0.717, 1.165) is 35.4 Å². The van der Waals surface area contributed by atoms with E-state index < -0.39 is 0 Å². The van der Waals surface area contributed by atoms with Crippen LogP contribution in [0.3, 0.4) is 0 Å². The van der Waals surface area contributed by atoms with E-state index in [4.69, 9.17) is 4.74 Å². The summed E-state index contributed by atoms with van der Waals surface area (Å²) in [5, 5.41) is 4.21. The second kappa shape index (κ2) is 7.97. The molecule has 1 aromatic rings. The van der Waals surface area contributed by atoms with Crippen LogP contribution in [0.5, 0.6) is 5.75 Å². The molecule has 1 fully saturated rings. The third-order valence-electron chi connectivity index (χ3n) is 3.92. The summed E-state index contributed by atoms with van der Waals surface area (Å²) in [5.74, 6) is 0.950. The van der Waals surface area contributed by atoms with Crippen LogP contribution in [-0.4, -0.2) is 18.2 Å². The summed E-state index contributed by atoms with van der Waals surface area (Å²) in [6, 6.07) is 6.11. The van der Waals surface area contributed by atoms with Crippen molar-refractivity contribution in [3.05, 3.63) is 29.3 Å². The van der Waals surface area contributed by atoms with Crippen molar-refractivity contribution in [2.75, 3.05) is 6.61 Å². The summed E-state index contributed by atoms with van der Waals surface area (Å²) in [7, 11) is 0. The molecule has 2 rings (SSSR count). The minimum absolute atomic E-state index is 0.0000463. The molecule has 1 saturated carbocycles. The Hall–Kier alpha value is -1.84. The summed E-state index contributed by atoms with van der Waals surface area (Å²) in [6.07, 6.45) is 5.60. The number of amides is 1. The van der Waals surface area contributed by atoms with Gasteiger partial charge in [0.2, 0.25) is 0 Å². The predicted molar refractivity (Wildman–Crippen MR) is 89.4 cm³/mol. The van der Waals surface area contributed by atoms with Gasteiger partial charge in [-0.25, -0.2) is 5.43 Å². The lowest BCUT2D eigenvalue weighted by molar-refractivity contribution is -0.123. The molecule has 0 radical (unpaired) electrons. The van der Waals surface area contributed by atoms with Crippen LogP contribution in [0.2, 0.25) is 0 Å². The van der Waals surface area contributed by atoms with Crippen LogP contribution in [0, 0.1) is 6.92 Å². The average molecular weight is 302 g/mol. The van der Waals surface area contributed by atoms with Gasteiger partial charge in [-0.1, -0.05) is 32.4 Å². The van der Waals surface area contributed by atoms with Crippen LogP contribution in [0.15, 0.2) is 23.3 Å². The van der Waals surface area contributed by atoms with E-state index in [9.17, 15) is 4.79 Å². The van der Waals surface area contributed by atoms with Gasteiger partial charge in [0.05, 0.1) is 0 Å². The van der Waals surface area contributed by atoms with Crippen molar-refractivity contribution in [1.82, 2.24) is 5.43 Å². The molecule has 4 nitrogen and oxygen atoms in total. The normalized spacial score (nSPS) is 14.8. The number of benzene rings is 1. The Morgan fingerprint density at radius 3 is 2.68 bits per heavy atom. The predicted octanol–water partition coefficient (Wildman–Crippen LogP) is 3.93. The Balaban J connectivity index is 1.89. The van der Waals surface area contributed by atoms with Crippen LogP contribution in [0.4, 0.5) is 0 Å². The maximum atomic E-state index is 11.9. The van der Waals surface area contributed by atoms with Crippen molar-refractivity contribution < 1.29 is 9.53 Å². The minimum atomic E-state index is -0.200. The number of ether oxygens (including phenoxy) is 1. The molecule has 1 aromatic carbocycles. The van der Waals surface area contributed by atoms with Gasteiger partial charge in [0.1, 0.15) is 5.75 Å². The second-order valence-corrected chi connectivity index (χ2v) is 6.26. The minimum Gasteiger partial charge on any atom is -0.483 e. The van der Waals surface area contributed by atoms with Gasteiger partial charge in [-0.3, -0.25) is 4.79 Å². The number of carbonyl (C=O) groups excluding carboxylic acids is 1. The van der Waals surface area contributed by atoms with E-state index in [0.29, 0.717) is 5.92 Å². The fourth-order valence-electron chi connectivity index (χ4n) is 2.63. The molecule has 0 aromatic heterocycles. The van der Waals surface area contributed by atoms with Gasteiger partial charge in [-0.2, -0.15) is 5.10 Å². The molecule has 1 aliphatic rings. The number of hydrogen-bond acceptors (Lipinski definition) is 3. The van der Waals surface area contributed by atoms with Gasteiger partial charge < -0.3 is 4.74 Å². The van der Waals surface area contributed by atoms with Crippen LogP contribution < -0.4 is 10.2 Å². The zero-order valence-corrected chi connectivity index (χ0v) is 13.8. The molecule has 0 atom stereocenters. The third kappa shape index (κ3) is 4.86. The number of hydrogen-bond donors (Lipinski definition) is 1. The Kier molecular flexibility index (Phi) is 5.99. The molecule has 22 heavy (non-hydrogen) atoms. The lowest BCUT2D eigenvalue weighted by atomic mass is 9.99. The molecule has 1 aliphatic carbocycles. The highest BCUT2D eigenvalue weighted by Crippen LogP contribution is 2.27. The molecule has 0 heterocycles. The first-order valence-electron chi connectivity index (χ1n) is 8.14. The highest BCUT2D eigenvalue weighted by Gasteiger charge is 2.11. The second-order valence-electron chi connectivity index (χ2n) is 6.26. The van der Waals surface area contributed by atoms with Crippen molar-refractivity contribution in [3.8, 4) is 5.75 Å². The van der Waals surface area contributed by atoms with Gasteiger partial charge >= 0.3 is 0 Å². The lowest BCUT2D eigenvalue weighted by Gasteiger charge is -2.15. The first-order valence-corrected chi connectivity index (χ1v) is 8.14. The van der Waals surface area contributed by atoms with Crippen molar-refractivity contribution in [1.29, 1.82) is 0 Å². The molecule has 1 amide bonds. The van der Waals surface area contributed by atoms with Crippen LogP contribution in [0.25, 0.3) is 0 Å². The Morgan fingerprint density at radius 1 is 1.27 bits per heavy atom. The van der Waals surface area contributed by atoms with E-state index in [1.165, 1.54) is 19.3 Å². The Labute approximate surface area is 132 Å². The van der Waals surface area contributed by atoms with Gasteiger partial charge in [0.15, 0.2) is 6.61 Å². The number of nitrogens with zero attached hydrogens (tertiary/aromatic N) is 1. The maximum absolute atomic E-state index is 11.9. The molecular weight excluding hydrogens is 276 g/mol. The Bertz CT molecular complexity index is 542. The molecule has 1 N–H and O–H groups in total. The number of hydrazone groups is 1. The summed E-state index contributed by atoms with van der Waals surface area (Å²) in [6.45, 7) is 6.26. The van der Waals surface area contributed by atoms with E-state index >= 15 is 0 Å². The molecule has 0 aliphatic heterocycles. The SMILES string of the molecule is Cc1ccc(C(C)C)c(OCC(=O)NN=C2CCCCC2)c1. The van der Waals surface area contributed by atoms with Crippen molar-refractivity contribution in [2.24, 2.45) is 5.10 Å².